The molecule has 3 rings (SSSR count). The summed E-state index contributed by atoms with van der Waals surface area (Å²) in [4.78, 5) is 11.0. The lowest BCUT2D eigenvalue weighted by Gasteiger charge is -2.29. The van der Waals surface area contributed by atoms with Crippen LogP contribution in [0.3, 0.4) is 0 Å². The van der Waals surface area contributed by atoms with Crippen LogP contribution in [0.25, 0.3) is 0 Å². The number of carbonyl (C=O) groups excluding carboxylic acids is 1. The summed E-state index contributed by atoms with van der Waals surface area (Å²) in [6.45, 7) is 4.77. The van der Waals surface area contributed by atoms with E-state index in [0.29, 0.717) is 30.8 Å². The Morgan fingerprint density at radius 3 is 2.54 bits per heavy atom. The van der Waals surface area contributed by atoms with Crippen molar-refractivity contribution < 1.29 is 18.7 Å². The minimum absolute atomic E-state index is 0.0189. The molecule has 0 bridgehead atoms. The lowest BCUT2D eigenvalue weighted by Crippen LogP contribution is -2.36. The first kappa shape index (κ1) is 21.1. The van der Waals surface area contributed by atoms with Crippen LogP contribution in [0, 0.1) is 17.7 Å². The molecular weight excluding hydrogens is 357 g/mol. The highest BCUT2D eigenvalue weighted by molar-refractivity contribution is 5.73. The highest BCUT2D eigenvalue weighted by atomic mass is 19.1. The zero-order valence-electron chi connectivity index (χ0n) is 17.2. The number of hydrogen-bond acceptors (Lipinski definition) is 3. The normalized spacial score (nSPS) is 23.2. The van der Waals surface area contributed by atoms with Crippen molar-refractivity contribution in [3.63, 3.8) is 0 Å². The SMILES string of the molecule is CC(=O)N[C@@H](C)COC1CCC(CCc2ccc(OCC3CC3)cc2F)CC1. The molecule has 0 saturated heterocycles. The minimum atomic E-state index is -0.141. The van der Waals surface area contributed by atoms with Gasteiger partial charge < -0.3 is 14.8 Å². The van der Waals surface area contributed by atoms with Gasteiger partial charge in [0.05, 0.1) is 19.3 Å². The van der Waals surface area contributed by atoms with Crippen molar-refractivity contribution in [1.29, 1.82) is 0 Å². The minimum Gasteiger partial charge on any atom is -0.493 e. The van der Waals surface area contributed by atoms with Crippen molar-refractivity contribution in [3.05, 3.63) is 29.6 Å². The van der Waals surface area contributed by atoms with Gasteiger partial charge in [0.15, 0.2) is 0 Å². The summed E-state index contributed by atoms with van der Waals surface area (Å²) >= 11 is 0. The quantitative estimate of drug-likeness (QED) is 0.632. The van der Waals surface area contributed by atoms with Gasteiger partial charge in [-0.3, -0.25) is 4.79 Å². The molecule has 2 saturated carbocycles. The Kier molecular flexibility index (Phi) is 7.72. The topological polar surface area (TPSA) is 47.6 Å². The third kappa shape index (κ3) is 7.08. The van der Waals surface area contributed by atoms with Gasteiger partial charge in [0.25, 0.3) is 0 Å². The van der Waals surface area contributed by atoms with E-state index in [1.54, 1.807) is 6.07 Å². The molecule has 4 nitrogen and oxygen atoms in total. The number of aryl methyl sites for hydroxylation is 1. The zero-order valence-corrected chi connectivity index (χ0v) is 17.2. The third-order valence-electron chi connectivity index (χ3n) is 5.85. The molecule has 2 aliphatic carbocycles. The second-order valence-corrected chi connectivity index (χ2v) is 8.62. The fraction of sp³-hybridized carbons (Fsp3) is 0.696. The lowest BCUT2D eigenvalue weighted by atomic mass is 9.83. The Labute approximate surface area is 168 Å². The van der Waals surface area contributed by atoms with Crippen LogP contribution in [-0.2, 0) is 16.0 Å². The molecule has 0 aromatic heterocycles. The van der Waals surface area contributed by atoms with E-state index in [0.717, 1.165) is 44.1 Å². The molecule has 0 unspecified atom stereocenters. The van der Waals surface area contributed by atoms with Gasteiger partial charge in [-0.1, -0.05) is 6.07 Å². The molecule has 1 atom stereocenters. The fourth-order valence-corrected chi connectivity index (χ4v) is 3.94. The van der Waals surface area contributed by atoms with Gasteiger partial charge in [0, 0.05) is 19.0 Å². The summed E-state index contributed by atoms with van der Waals surface area (Å²) < 4.78 is 25.9. The molecule has 0 spiro atoms. The lowest BCUT2D eigenvalue weighted by molar-refractivity contribution is -0.120. The zero-order chi connectivity index (χ0) is 19.9. The predicted molar refractivity (Wildman–Crippen MR) is 108 cm³/mol. The Hall–Kier alpha value is -1.62. The van der Waals surface area contributed by atoms with E-state index < -0.39 is 0 Å². The highest BCUT2D eigenvalue weighted by Gasteiger charge is 2.23. The molecule has 1 aromatic carbocycles. The predicted octanol–water partition coefficient (Wildman–Crippen LogP) is 4.65. The first-order valence-electron chi connectivity index (χ1n) is 10.8. The summed E-state index contributed by atoms with van der Waals surface area (Å²) in [5.41, 5.74) is 0.793. The van der Waals surface area contributed by atoms with Crippen LogP contribution in [0.2, 0.25) is 0 Å². The van der Waals surface area contributed by atoms with Crippen molar-refractivity contribution in [3.8, 4) is 5.75 Å². The van der Waals surface area contributed by atoms with Crippen LogP contribution in [0.4, 0.5) is 4.39 Å². The second kappa shape index (κ2) is 10.2. The van der Waals surface area contributed by atoms with Gasteiger partial charge >= 0.3 is 0 Å². The standard InChI is InChI=1S/C23H34FNO3/c1-16(25-17(2)26)14-27-21-10-6-18(7-11-21)5-8-20-9-12-22(13-23(20)24)28-15-19-3-4-19/h9,12-13,16,18-19,21H,3-8,10-11,14-15H2,1-2H3,(H,25,26)/t16-,18?,21?/m0/s1. The molecular formula is C23H34FNO3. The average Bonchev–Trinajstić information content (AvgIpc) is 3.49. The van der Waals surface area contributed by atoms with Crippen molar-refractivity contribution in [2.45, 2.75) is 77.4 Å². The molecule has 1 aromatic rings. The van der Waals surface area contributed by atoms with Crippen molar-refractivity contribution >= 4 is 5.91 Å². The number of carbonyl (C=O) groups is 1. The summed E-state index contributed by atoms with van der Waals surface area (Å²) in [5.74, 6) is 1.80. The number of amides is 1. The molecule has 2 aliphatic rings. The Morgan fingerprint density at radius 2 is 1.89 bits per heavy atom. The van der Waals surface area contributed by atoms with E-state index in [-0.39, 0.29) is 23.9 Å². The van der Waals surface area contributed by atoms with Crippen molar-refractivity contribution in [2.24, 2.45) is 11.8 Å². The van der Waals surface area contributed by atoms with E-state index >= 15 is 0 Å². The highest BCUT2D eigenvalue weighted by Crippen LogP contribution is 2.31. The molecule has 0 radical (unpaired) electrons. The smallest absolute Gasteiger partial charge is 0.217 e. The first-order valence-corrected chi connectivity index (χ1v) is 10.8. The first-order chi connectivity index (χ1) is 13.5. The average molecular weight is 392 g/mol. The summed E-state index contributed by atoms with van der Waals surface area (Å²) in [5, 5.41) is 2.85. The van der Waals surface area contributed by atoms with Crippen LogP contribution in [0.5, 0.6) is 5.75 Å². The van der Waals surface area contributed by atoms with Gasteiger partial charge in [-0.15, -0.1) is 0 Å². The van der Waals surface area contributed by atoms with Crippen LogP contribution in [0.1, 0.15) is 64.4 Å². The largest absolute Gasteiger partial charge is 0.493 e. The molecule has 28 heavy (non-hydrogen) atoms. The molecule has 1 N–H and O–H groups in total. The van der Waals surface area contributed by atoms with E-state index in [1.165, 1.54) is 19.8 Å². The van der Waals surface area contributed by atoms with Gasteiger partial charge in [-0.2, -0.15) is 0 Å². The molecule has 5 heteroatoms. The van der Waals surface area contributed by atoms with Crippen molar-refractivity contribution in [2.75, 3.05) is 13.2 Å². The summed E-state index contributed by atoms with van der Waals surface area (Å²) in [6.07, 6.45) is 8.92. The second-order valence-electron chi connectivity index (χ2n) is 8.62. The third-order valence-corrected chi connectivity index (χ3v) is 5.85. The van der Waals surface area contributed by atoms with Crippen LogP contribution in [0.15, 0.2) is 18.2 Å². The van der Waals surface area contributed by atoms with Crippen molar-refractivity contribution in [1.82, 2.24) is 5.32 Å². The van der Waals surface area contributed by atoms with Gasteiger partial charge in [-0.05, 0) is 81.8 Å². The Morgan fingerprint density at radius 1 is 1.18 bits per heavy atom. The molecule has 0 aliphatic heterocycles. The molecule has 2 fully saturated rings. The number of halogens is 1. The van der Waals surface area contributed by atoms with Crippen LogP contribution < -0.4 is 10.1 Å². The number of nitrogens with one attached hydrogen (secondary N) is 1. The maximum Gasteiger partial charge on any atom is 0.217 e. The number of hydrogen-bond donors (Lipinski definition) is 1. The number of rotatable bonds is 10. The summed E-state index contributed by atoms with van der Waals surface area (Å²) in [6, 6.07) is 5.38. The van der Waals surface area contributed by atoms with Gasteiger partial charge in [-0.25, -0.2) is 4.39 Å². The monoisotopic (exact) mass is 391 g/mol. The van der Waals surface area contributed by atoms with Crippen LogP contribution in [-0.4, -0.2) is 31.3 Å². The van der Waals surface area contributed by atoms with Gasteiger partial charge in [0.2, 0.25) is 5.91 Å². The van der Waals surface area contributed by atoms with Gasteiger partial charge in [0.1, 0.15) is 11.6 Å². The molecule has 1 amide bonds. The van der Waals surface area contributed by atoms with E-state index in [9.17, 15) is 9.18 Å². The maximum absolute atomic E-state index is 14.3. The van der Waals surface area contributed by atoms with E-state index in [4.69, 9.17) is 9.47 Å². The maximum atomic E-state index is 14.3. The molecule has 156 valence electrons. The Bertz CT molecular complexity index is 639. The molecule has 0 heterocycles. The summed E-state index contributed by atoms with van der Waals surface area (Å²) in [7, 11) is 0. The van der Waals surface area contributed by atoms with Crippen LogP contribution >= 0.6 is 0 Å². The number of ether oxygens (including phenoxy) is 2. The fourth-order valence-electron chi connectivity index (χ4n) is 3.94. The number of benzene rings is 1. The van der Waals surface area contributed by atoms with E-state index in [2.05, 4.69) is 5.32 Å². The Balaban J connectivity index is 1.34. The van der Waals surface area contributed by atoms with E-state index in [1.807, 2.05) is 19.1 Å².